The number of rotatable bonds is 1. The van der Waals surface area contributed by atoms with E-state index in [2.05, 4.69) is 36.1 Å². The first kappa shape index (κ1) is 13.4. The molecule has 2 rings (SSSR count). The van der Waals surface area contributed by atoms with Crippen molar-refractivity contribution in [2.24, 2.45) is 0 Å². The first-order valence-corrected chi connectivity index (χ1v) is 5.75. The van der Waals surface area contributed by atoms with Crippen molar-refractivity contribution >= 4 is 0 Å². The van der Waals surface area contributed by atoms with Crippen LogP contribution in [0.15, 0.2) is 15.1 Å². The second kappa shape index (κ2) is 5.12. The second-order valence-corrected chi connectivity index (χ2v) is 4.46. The summed E-state index contributed by atoms with van der Waals surface area (Å²) in [5, 5.41) is 7.74. The topological polar surface area (TPSA) is 65.0 Å². The summed E-state index contributed by atoms with van der Waals surface area (Å²) in [6.07, 6.45) is 0. The zero-order chi connectivity index (χ0) is 13.1. The van der Waals surface area contributed by atoms with Gasteiger partial charge in [-0.1, -0.05) is 44.9 Å². The summed E-state index contributed by atoms with van der Waals surface area (Å²) in [6.45, 7) is 11.9. The van der Waals surface area contributed by atoms with E-state index < -0.39 is 0 Å². The van der Waals surface area contributed by atoms with Crippen molar-refractivity contribution in [2.75, 3.05) is 0 Å². The molecule has 0 aromatic carbocycles. The van der Waals surface area contributed by atoms with Crippen molar-refractivity contribution < 1.29 is 9.05 Å². The lowest BCUT2D eigenvalue weighted by molar-refractivity contribution is 0.383. The lowest BCUT2D eigenvalue weighted by atomic mass is 9.92. The van der Waals surface area contributed by atoms with E-state index in [9.17, 15) is 0 Å². The fraction of sp³-hybridized carbons (Fsp3) is 0.583. The predicted octanol–water partition coefficient (Wildman–Crippen LogP) is 3.36. The third-order valence-electron chi connectivity index (χ3n) is 2.03. The maximum Gasteiger partial charge on any atom is 0.241 e. The number of aromatic nitrogens is 3. The largest absolute Gasteiger partial charge is 0.352 e. The molecule has 94 valence electrons. The van der Waals surface area contributed by atoms with Gasteiger partial charge in [-0.05, 0) is 0 Å². The molecule has 0 N–H and O–H groups in total. The number of hydrogen-bond acceptors (Lipinski definition) is 5. The fourth-order valence-corrected chi connectivity index (χ4v) is 1.13. The summed E-state index contributed by atoms with van der Waals surface area (Å²) >= 11 is 0. The highest BCUT2D eigenvalue weighted by Gasteiger charge is 2.21. The van der Waals surface area contributed by atoms with Crippen molar-refractivity contribution in [1.82, 2.24) is 15.3 Å². The third kappa shape index (κ3) is 3.15. The van der Waals surface area contributed by atoms with Crippen LogP contribution in [0.4, 0.5) is 0 Å². The Morgan fingerprint density at radius 2 is 1.71 bits per heavy atom. The molecule has 0 amide bonds. The van der Waals surface area contributed by atoms with Crippen LogP contribution in [0.3, 0.4) is 0 Å². The third-order valence-corrected chi connectivity index (χ3v) is 2.03. The monoisotopic (exact) mass is 237 g/mol. The standard InChI is InChI=1S/C10H13N3O2.C2H6/c1-6-11-9(13-14-6)7-5-8(12-15-7)10(2,3)4;1-2/h5H,1-4H3;1-2H3. The van der Waals surface area contributed by atoms with Crippen LogP contribution in [-0.2, 0) is 5.41 Å². The van der Waals surface area contributed by atoms with Gasteiger partial charge in [0.2, 0.25) is 17.5 Å². The van der Waals surface area contributed by atoms with Gasteiger partial charge < -0.3 is 9.05 Å². The number of aryl methyl sites for hydroxylation is 1. The van der Waals surface area contributed by atoms with Crippen molar-refractivity contribution in [3.05, 3.63) is 17.7 Å². The molecule has 5 heteroatoms. The van der Waals surface area contributed by atoms with Crippen LogP contribution < -0.4 is 0 Å². The van der Waals surface area contributed by atoms with Gasteiger partial charge in [-0.25, -0.2) is 0 Å². The van der Waals surface area contributed by atoms with Gasteiger partial charge in [0.1, 0.15) is 0 Å². The molecular weight excluding hydrogens is 218 g/mol. The lowest BCUT2D eigenvalue weighted by Crippen LogP contribution is -2.10. The van der Waals surface area contributed by atoms with E-state index in [1.807, 2.05) is 19.9 Å². The molecular formula is C12H19N3O2. The molecule has 5 nitrogen and oxygen atoms in total. The number of hydrogen-bond donors (Lipinski definition) is 0. The summed E-state index contributed by atoms with van der Waals surface area (Å²) in [4.78, 5) is 4.06. The van der Waals surface area contributed by atoms with Crippen LogP contribution in [0, 0.1) is 6.92 Å². The highest BCUT2D eigenvalue weighted by molar-refractivity contribution is 5.46. The number of nitrogens with zero attached hydrogens (tertiary/aromatic N) is 3. The predicted molar refractivity (Wildman–Crippen MR) is 64.6 cm³/mol. The van der Waals surface area contributed by atoms with Gasteiger partial charge in [0, 0.05) is 18.4 Å². The molecule has 0 aliphatic carbocycles. The molecule has 2 aromatic rings. The summed E-state index contributed by atoms with van der Waals surface area (Å²) in [7, 11) is 0. The Morgan fingerprint density at radius 3 is 2.12 bits per heavy atom. The van der Waals surface area contributed by atoms with Gasteiger partial charge in [-0.2, -0.15) is 4.98 Å². The zero-order valence-corrected chi connectivity index (χ0v) is 11.2. The Labute approximate surface area is 101 Å². The van der Waals surface area contributed by atoms with Gasteiger partial charge in [0.15, 0.2) is 0 Å². The smallest absolute Gasteiger partial charge is 0.241 e. The maximum absolute atomic E-state index is 5.16. The molecule has 0 unspecified atom stereocenters. The Bertz CT molecular complexity index is 466. The molecule has 0 fully saturated rings. The average Bonchev–Trinajstić information content (AvgIpc) is 2.87. The van der Waals surface area contributed by atoms with Crippen molar-refractivity contribution in [1.29, 1.82) is 0 Å². The molecule has 0 bridgehead atoms. The Morgan fingerprint density at radius 1 is 1.06 bits per heavy atom. The first-order valence-electron chi connectivity index (χ1n) is 5.75. The van der Waals surface area contributed by atoms with E-state index in [4.69, 9.17) is 9.05 Å². The van der Waals surface area contributed by atoms with Crippen LogP contribution in [-0.4, -0.2) is 15.3 Å². The summed E-state index contributed by atoms with van der Waals surface area (Å²) in [6, 6.07) is 1.84. The molecule has 2 heterocycles. The van der Waals surface area contributed by atoms with E-state index in [0.29, 0.717) is 17.5 Å². The summed E-state index contributed by atoms with van der Waals surface area (Å²) < 4.78 is 10.0. The fourth-order valence-electron chi connectivity index (χ4n) is 1.13. The van der Waals surface area contributed by atoms with E-state index in [-0.39, 0.29) is 5.41 Å². The van der Waals surface area contributed by atoms with Crippen LogP contribution in [0.25, 0.3) is 11.6 Å². The second-order valence-electron chi connectivity index (χ2n) is 4.46. The normalized spacial score (nSPS) is 10.9. The van der Waals surface area contributed by atoms with Crippen LogP contribution in [0.2, 0.25) is 0 Å². The molecule has 17 heavy (non-hydrogen) atoms. The molecule has 0 saturated heterocycles. The van der Waals surface area contributed by atoms with Gasteiger partial charge in [-0.3, -0.25) is 0 Å². The molecule has 0 saturated carbocycles. The highest BCUT2D eigenvalue weighted by atomic mass is 16.5. The van der Waals surface area contributed by atoms with Gasteiger partial charge in [-0.15, -0.1) is 0 Å². The Balaban J connectivity index is 0.000000686. The molecule has 0 radical (unpaired) electrons. The highest BCUT2D eigenvalue weighted by Crippen LogP contribution is 2.25. The SMILES string of the molecule is CC.Cc1nc(-c2cc(C(C)(C)C)no2)no1. The minimum atomic E-state index is -0.0411. The maximum atomic E-state index is 5.16. The zero-order valence-electron chi connectivity index (χ0n) is 11.2. The molecule has 2 aromatic heterocycles. The molecule has 0 aliphatic heterocycles. The van der Waals surface area contributed by atoms with Crippen molar-refractivity contribution in [3.8, 4) is 11.6 Å². The van der Waals surface area contributed by atoms with E-state index >= 15 is 0 Å². The Hall–Kier alpha value is -1.65. The molecule has 0 aliphatic rings. The van der Waals surface area contributed by atoms with Gasteiger partial charge in [0.05, 0.1) is 5.69 Å². The minimum Gasteiger partial charge on any atom is -0.352 e. The Kier molecular flexibility index (Phi) is 4.04. The van der Waals surface area contributed by atoms with Crippen LogP contribution >= 0.6 is 0 Å². The van der Waals surface area contributed by atoms with Crippen molar-refractivity contribution in [3.63, 3.8) is 0 Å². The van der Waals surface area contributed by atoms with Crippen LogP contribution in [0.5, 0.6) is 0 Å². The quantitative estimate of drug-likeness (QED) is 0.760. The van der Waals surface area contributed by atoms with E-state index in [1.54, 1.807) is 6.92 Å². The lowest BCUT2D eigenvalue weighted by Gasteiger charge is -2.12. The molecule has 0 atom stereocenters. The van der Waals surface area contributed by atoms with Gasteiger partial charge >= 0.3 is 0 Å². The first-order chi connectivity index (χ1) is 7.97. The molecule has 0 spiro atoms. The van der Waals surface area contributed by atoms with E-state index in [0.717, 1.165) is 5.69 Å². The summed E-state index contributed by atoms with van der Waals surface area (Å²) in [5.41, 5.74) is 0.834. The van der Waals surface area contributed by atoms with Gasteiger partial charge in [0.25, 0.3) is 0 Å². The van der Waals surface area contributed by atoms with E-state index in [1.165, 1.54) is 0 Å². The van der Waals surface area contributed by atoms with Crippen LogP contribution in [0.1, 0.15) is 46.2 Å². The minimum absolute atomic E-state index is 0.0411. The summed E-state index contributed by atoms with van der Waals surface area (Å²) in [5.74, 6) is 1.49. The van der Waals surface area contributed by atoms with Crippen molar-refractivity contribution in [2.45, 2.75) is 47.0 Å². The average molecular weight is 237 g/mol.